The molecular weight excluding hydrogens is 264 g/mol. The van der Waals surface area contributed by atoms with Gasteiger partial charge >= 0.3 is 0 Å². The first-order valence-electron chi connectivity index (χ1n) is 7.41. The SMILES string of the molecule is Cc1oc(CNC(C)C)cc1CN(C)Cc1cnn(C)c1. The van der Waals surface area contributed by atoms with Crippen LogP contribution in [0.4, 0.5) is 0 Å². The predicted molar refractivity (Wildman–Crippen MR) is 83.8 cm³/mol. The summed E-state index contributed by atoms with van der Waals surface area (Å²) in [6, 6.07) is 2.62. The van der Waals surface area contributed by atoms with Gasteiger partial charge in [-0.25, -0.2) is 0 Å². The van der Waals surface area contributed by atoms with Crippen LogP contribution in [0.3, 0.4) is 0 Å². The summed E-state index contributed by atoms with van der Waals surface area (Å²) in [5, 5.41) is 7.58. The summed E-state index contributed by atoms with van der Waals surface area (Å²) < 4.78 is 7.65. The maximum Gasteiger partial charge on any atom is 0.118 e. The molecule has 2 aromatic rings. The van der Waals surface area contributed by atoms with Crippen molar-refractivity contribution in [3.8, 4) is 0 Å². The Balaban J connectivity index is 1.92. The first kappa shape index (κ1) is 15.8. The van der Waals surface area contributed by atoms with Crippen LogP contribution in [0.5, 0.6) is 0 Å². The Bertz CT molecular complexity index is 571. The fourth-order valence-corrected chi connectivity index (χ4v) is 2.35. The van der Waals surface area contributed by atoms with Gasteiger partial charge in [0.25, 0.3) is 0 Å². The van der Waals surface area contributed by atoms with Crippen LogP contribution in [0, 0.1) is 6.92 Å². The average Bonchev–Trinajstić information content (AvgIpc) is 2.94. The number of aryl methyl sites for hydroxylation is 2. The van der Waals surface area contributed by atoms with Gasteiger partial charge in [0.2, 0.25) is 0 Å². The van der Waals surface area contributed by atoms with Gasteiger partial charge in [-0.3, -0.25) is 9.58 Å². The van der Waals surface area contributed by atoms with Gasteiger partial charge < -0.3 is 9.73 Å². The van der Waals surface area contributed by atoms with Crippen LogP contribution in [-0.2, 0) is 26.7 Å². The molecule has 0 bridgehead atoms. The van der Waals surface area contributed by atoms with Gasteiger partial charge in [0.1, 0.15) is 11.5 Å². The molecule has 0 aliphatic rings. The Kier molecular flexibility index (Phi) is 5.20. The molecule has 0 fully saturated rings. The van der Waals surface area contributed by atoms with Crippen LogP contribution in [0.2, 0.25) is 0 Å². The van der Waals surface area contributed by atoms with Crippen molar-refractivity contribution >= 4 is 0 Å². The van der Waals surface area contributed by atoms with E-state index in [0.717, 1.165) is 31.2 Å². The van der Waals surface area contributed by atoms with Gasteiger partial charge in [0, 0.05) is 43.5 Å². The van der Waals surface area contributed by atoms with E-state index in [9.17, 15) is 0 Å². The Morgan fingerprint density at radius 3 is 2.76 bits per heavy atom. The third-order valence-electron chi connectivity index (χ3n) is 3.41. The van der Waals surface area contributed by atoms with Crippen molar-refractivity contribution in [3.63, 3.8) is 0 Å². The number of aromatic nitrogens is 2. The van der Waals surface area contributed by atoms with E-state index in [1.54, 1.807) is 0 Å². The van der Waals surface area contributed by atoms with Crippen LogP contribution in [0.15, 0.2) is 22.9 Å². The zero-order valence-electron chi connectivity index (χ0n) is 13.7. The second-order valence-electron chi connectivity index (χ2n) is 6.02. The minimum absolute atomic E-state index is 0.465. The van der Waals surface area contributed by atoms with Gasteiger partial charge in [-0.15, -0.1) is 0 Å². The lowest BCUT2D eigenvalue weighted by molar-refractivity contribution is 0.316. The number of nitrogens with one attached hydrogen (secondary N) is 1. The summed E-state index contributed by atoms with van der Waals surface area (Å²) in [6.45, 7) is 8.86. The molecule has 5 heteroatoms. The van der Waals surface area contributed by atoms with Gasteiger partial charge in [-0.1, -0.05) is 13.8 Å². The number of rotatable bonds is 7. The van der Waals surface area contributed by atoms with Crippen molar-refractivity contribution in [2.45, 2.75) is 46.4 Å². The van der Waals surface area contributed by atoms with Crippen molar-refractivity contribution in [1.82, 2.24) is 20.0 Å². The highest BCUT2D eigenvalue weighted by Crippen LogP contribution is 2.17. The quantitative estimate of drug-likeness (QED) is 0.851. The molecule has 0 unspecified atom stereocenters. The average molecular weight is 290 g/mol. The highest BCUT2D eigenvalue weighted by molar-refractivity contribution is 5.21. The van der Waals surface area contributed by atoms with Crippen molar-refractivity contribution < 1.29 is 4.42 Å². The van der Waals surface area contributed by atoms with Crippen LogP contribution in [0.1, 0.15) is 36.5 Å². The lowest BCUT2D eigenvalue weighted by Gasteiger charge is -2.14. The smallest absolute Gasteiger partial charge is 0.118 e. The molecular formula is C16H26N4O. The first-order valence-corrected chi connectivity index (χ1v) is 7.41. The predicted octanol–water partition coefficient (Wildman–Crippen LogP) is 2.45. The molecule has 2 rings (SSSR count). The summed E-state index contributed by atoms with van der Waals surface area (Å²) in [7, 11) is 4.06. The van der Waals surface area contributed by atoms with Crippen LogP contribution in [-0.4, -0.2) is 27.8 Å². The maximum atomic E-state index is 5.81. The van der Waals surface area contributed by atoms with Crippen molar-refractivity contribution in [2.24, 2.45) is 7.05 Å². The Morgan fingerprint density at radius 1 is 1.38 bits per heavy atom. The molecule has 0 radical (unpaired) electrons. The topological polar surface area (TPSA) is 46.2 Å². The fraction of sp³-hybridized carbons (Fsp3) is 0.562. The molecule has 0 saturated carbocycles. The molecule has 0 aliphatic carbocycles. The summed E-state index contributed by atoms with van der Waals surface area (Å²) in [4.78, 5) is 2.27. The normalized spacial score (nSPS) is 11.8. The number of hydrogen-bond donors (Lipinski definition) is 1. The summed E-state index contributed by atoms with van der Waals surface area (Å²) in [5.41, 5.74) is 2.48. The second-order valence-corrected chi connectivity index (χ2v) is 6.02. The molecule has 0 atom stereocenters. The Morgan fingerprint density at radius 2 is 2.14 bits per heavy atom. The zero-order chi connectivity index (χ0) is 15.4. The van der Waals surface area contributed by atoms with Crippen molar-refractivity contribution in [2.75, 3.05) is 7.05 Å². The zero-order valence-corrected chi connectivity index (χ0v) is 13.7. The van der Waals surface area contributed by atoms with E-state index in [1.165, 1.54) is 11.1 Å². The third kappa shape index (κ3) is 4.72. The van der Waals surface area contributed by atoms with E-state index in [-0.39, 0.29) is 0 Å². The van der Waals surface area contributed by atoms with Gasteiger partial charge in [-0.2, -0.15) is 5.10 Å². The van der Waals surface area contributed by atoms with E-state index in [1.807, 2.05) is 24.9 Å². The minimum Gasteiger partial charge on any atom is -0.465 e. The summed E-state index contributed by atoms with van der Waals surface area (Å²) in [6.07, 6.45) is 3.97. The van der Waals surface area contributed by atoms with Crippen LogP contribution < -0.4 is 5.32 Å². The summed E-state index contributed by atoms with van der Waals surface area (Å²) >= 11 is 0. The van der Waals surface area contributed by atoms with E-state index in [0.29, 0.717) is 6.04 Å². The van der Waals surface area contributed by atoms with Gasteiger partial charge in [0.05, 0.1) is 12.7 Å². The lowest BCUT2D eigenvalue weighted by atomic mass is 10.2. The molecule has 0 amide bonds. The summed E-state index contributed by atoms with van der Waals surface area (Å²) in [5.74, 6) is 2.01. The standard InChI is InChI=1S/C16H26N4O/c1-12(2)17-8-16-6-15(13(3)21-16)11-19(4)9-14-7-18-20(5)10-14/h6-7,10,12,17H,8-9,11H2,1-5H3. The van der Waals surface area contributed by atoms with Crippen molar-refractivity contribution in [3.05, 3.63) is 41.1 Å². The second kappa shape index (κ2) is 6.91. The highest BCUT2D eigenvalue weighted by Gasteiger charge is 2.11. The first-order chi connectivity index (χ1) is 9.94. The molecule has 2 aromatic heterocycles. The molecule has 0 aliphatic heterocycles. The molecule has 0 spiro atoms. The van der Waals surface area contributed by atoms with E-state index in [4.69, 9.17) is 4.42 Å². The largest absolute Gasteiger partial charge is 0.465 e. The lowest BCUT2D eigenvalue weighted by Crippen LogP contribution is -2.21. The number of furan rings is 1. The Labute approximate surface area is 126 Å². The number of nitrogens with zero attached hydrogens (tertiary/aromatic N) is 3. The van der Waals surface area contributed by atoms with Crippen molar-refractivity contribution in [1.29, 1.82) is 0 Å². The maximum absolute atomic E-state index is 5.81. The molecule has 5 nitrogen and oxygen atoms in total. The van der Waals surface area contributed by atoms with E-state index < -0.39 is 0 Å². The molecule has 0 aromatic carbocycles. The molecule has 21 heavy (non-hydrogen) atoms. The van der Waals surface area contributed by atoms with Gasteiger partial charge in [0.15, 0.2) is 0 Å². The molecule has 0 saturated heterocycles. The molecule has 116 valence electrons. The monoisotopic (exact) mass is 290 g/mol. The fourth-order valence-electron chi connectivity index (χ4n) is 2.35. The third-order valence-corrected chi connectivity index (χ3v) is 3.41. The highest BCUT2D eigenvalue weighted by atomic mass is 16.3. The van der Waals surface area contributed by atoms with Crippen LogP contribution in [0.25, 0.3) is 0 Å². The minimum atomic E-state index is 0.465. The molecule has 1 N–H and O–H groups in total. The number of hydrogen-bond acceptors (Lipinski definition) is 4. The van der Waals surface area contributed by atoms with E-state index >= 15 is 0 Å². The Hall–Kier alpha value is -1.59. The van der Waals surface area contributed by atoms with Crippen LogP contribution >= 0.6 is 0 Å². The van der Waals surface area contributed by atoms with E-state index in [2.05, 4.69) is 48.5 Å². The van der Waals surface area contributed by atoms with Gasteiger partial charge in [-0.05, 0) is 20.0 Å². The molecule has 2 heterocycles.